The first-order valence-corrected chi connectivity index (χ1v) is 9.66. The van der Waals surface area contributed by atoms with Gasteiger partial charge in [-0.3, -0.25) is 4.79 Å². The first-order chi connectivity index (χ1) is 11.7. The first-order valence-electron chi connectivity index (χ1n) is 7.83. The van der Waals surface area contributed by atoms with Gasteiger partial charge in [-0.1, -0.05) is 0 Å². The zero-order chi connectivity index (χ0) is 16.5. The standard InChI is InChI=1S/C16H17N5OS2/c1-20-10-17-19-14(20)11-3-2-5-21(7-11)16(22)13-9-24-15(18-13)12-4-6-23-8-12/h4,6,8-11H,2-3,5,7H2,1H3. The summed E-state index contributed by atoms with van der Waals surface area (Å²) in [5, 5.41) is 15.0. The molecule has 1 unspecified atom stereocenters. The van der Waals surface area contributed by atoms with Crippen LogP contribution in [-0.4, -0.2) is 43.6 Å². The van der Waals surface area contributed by atoms with Crippen LogP contribution in [-0.2, 0) is 7.05 Å². The maximum atomic E-state index is 12.8. The van der Waals surface area contributed by atoms with Crippen LogP contribution in [0.4, 0.5) is 0 Å². The molecule has 1 amide bonds. The Morgan fingerprint density at radius 3 is 3.04 bits per heavy atom. The summed E-state index contributed by atoms with van der Waals surface area (Å²) in [6.07, 6.45) is 3.72. The highest BCUT2D eigenvalue weighted by atomic mass is 32.1. The van der Waals surface area contributed by atoms with Crippen LogP contribution in [0.5, 0.6) is 0 Å². The van der Waals surface area contributed by atoms with E-state index in [1.54, 1.807) is 17.7 Å². The molecule has 1 fully saturated rings. The number of carbonyl (C=O) groups excluding carboxylic acids is 1. The average Bonchev–Trinajstić information content (AvgIpc) is 3.35. The molecule has 1 aliphatic rings. The highest BCUT2D eigenvalue weighted by Crippen LogP contribution is 2.29. The molecule has 1 atom stereocenters. The smallest absolute Gasteiger partial charge is 0.273 e. The average molecular weight is 359 g/mol. The molecular weight excluding hydrogens is 342 g/mol. The van der Waals surface area contributed by atoms with E-state index < -0.39 is 0 Å². The van der Waals surface area contributed by atoms with Gasteiger partial charge in [-0.05, 0) is 24.3 Å². The van der Waals surface area contributed by atoms with Crippen molar-refractivity contribution in [3.05, 3.63) is 40.1 Å². The normalized spacial score (nSPS) is 18.0. The summed E-state index contributed by atoms with van der Waals surface area (Å²) >= 11 is 3.16. The summed E-state index contributed by atoms with van der Waals surface area (Å²) in [7, 11) is 1.95. The number of thiazole rings is 1. The Morgan fingerprint density at radius 1 is 1.38 bits per heavy atom. The van der Waals surface area contributed by atoms with Gasteiger partial charge in [-0.15, -0.1) is 21.5 Å². The highest BCUT2D eigenvalue weighted by Gasteiger charge is 2.29. The molecule has 1 aliphatic heterocycles. The molecule has 6 nitrogen and oxygen atoms in total. The number of piperidine rings is 1. The van der Waals surface area contributed by atoms with Gasteiger partial charge in [0, 0.05) is 42.4 Å². The number of hydrogen-bond acceptors (Lipinski definition) is 6. The molecule has 1 saturated heterocycles. The lowest BCUT2D eigenvalue weighted by Gasteiger charge is -2.31. The second-order valence-corrected chi connectivity index (χ2v) is 7.58. The van der Waals surface area contributed by atoms with Crippen LogP contribution >= 0.6 is 22.7 Å². The number of aromatic nitrogens is 4. The van der Waals surface area contributed by atoms with Gasteiger partial charge >= 0.3 is 0 Å². The van der Waals surface area contributed by atoms with Crippen molar-refractivity contribution in [3.8, 4) is 10.6 Å². The SMILES string of the molecule is Cn1cnnc1C1CCCN(C(=O)c2csc(-c3ccsc3)n2)C1. The van der Waals surface area contributed by atoms with Crippen LogP contribution in [0.15, 0.2) is 28.5 Å². The van der Waals surface area contributed by atoms with Crippen molar-refractivity contribution in [2.75, 3.05) is 13.1 Å². The highest BCUT2D eigenvalue weighted by molar-refractivity contribution is 7.14. The first kappa shape index (κ1) is 15.5. The molecule has 0 saturated carbocycles. The van der Waals surface area contributed by atoms with E-state index in [1.165, 1.54) is 11.3 Å². The molecule has 3 aromatic heterocycles. The predicted octanol–water partition coefficient (Wildman–Crippen LogP) is 3.02. The summed E-state index contributed by atoms with van der Waals surface area (Å²) in [6, 6.07) is 2.03. The van der Waals surface area contributed by atoms with E-state index in [0.717, 1.165) is 35.8 Å². The number of hydrogen-bond donors (Lipinski definition) is 0. The molecule has 0 N–H and O–H groups in total. The lowest BCUT2D eigenvalue weighted by Crippen LogP contribution is -2.39. The third kappa shape index (κ3) is 2.87. The minimum atomic E-state index is 0.0135. The second-order valence-electron chi connectivity index (χ2n) is 5.94. The molecule has 0 aliphatic carbocycles. The molecule has 0 spiro atoms. The lowest BCUT2D eigenvalue weighted by atomic mass is 9.97. The second kappa shape index (κ2) is 6.45. The van der Waals surface area contributed by atoms with E-state index in [4.69, 9.17) is 0 Å². The summed E-state index contributed by atoms with van der Waals surface area (Å²) in [4.78, 5) is 19.2. The Bertz CT molecular complexity index is 838. The predicted molar refractivity (Wildman–Crippen MR) is 94.3 cm³/mol. The van der Waals surface area contributed by atoms with Gasteiger partial charge in [0.1, 0.15) is 22.9 Å². The minimum absolute atomic E-state index is 0.0135. The number of carbonyl (C=O) groups is 1. The molecule has 0 bridgehead atoms. The van der Waals surface area contributed by atoms with Crippen LogP contribution in [0.2, 0.25) is 0 Å². The summed E-state index contributed by atoms with van der Waals surface area (Å²) in [5.74, 6) is 1.20. The zero-order valence-electron chi connectivity index (χ0n) is 13.3. The van der Waals surface area contributed by atoms with E-state index in [0.29, 0.717) is 12.2 Å². The fraction of sp³-hybridized carbons (Fsp3) is 0.375. The van der Waals surface area contributed by atoms with Crippen molar-refractivity contribution in [1.29, 1.82) is 0 Å². The summed E-state index contributed by atoms with van der Waals surface area (Å²) in [5.41, 5.74) is 1.62. The van der Waals surface area contributed by atoms with Gasteiger partial charge in [0.05, 0.1) is 0 Å². The molecule has 4 heterocycles. The summed E-state index contributed by atoms with van der Waals surface area (Å²) < 4.78 is 1.94. The van der Waals surface area contributed by atoms with Crippen LogP contribution in [0, 0.1) is 0 Å². The molecule has 4 rings (SSSR count). The topological polar surface area (TPSA) is 63.9 Å². The molecule has 0 radical (unpaired) electrons. The van der Waals surface area contributed by atoms with Crippen molar-refractivity contribution in [3.63, 3.8) is 0 Å². The van der Waals surface area contributed by atoms with Gasteiger partial charge in [-0.2, -0.15) is 11.3 Å². The summed E-state index contributed by atoms with van der Waals surface area (Å²) in [6.45, 7) is 1.45. The Labute approximate surface area is 147 Å². The Kier molecular flexibility index (Phi) is 4.15. The van der Waals surface area contributed by atoms with Gasteiger partial charge in [0.15, 0.2) is 0 Å². The molecule has 124 valence electrons. The van der Waals surface area contributed by atoms with Crippen molar-refractivity contribution < 1.29 is 4.79 Å². The van der Waals surface area contributed by atoms with E-state index in [-0.39, 0.29) is 11.8 Å². The fourth-order valence-electron chi connectivity index (χ4n) is 3.09. The van der Waals surface area contributed by atoms with Crippen molar-refractivity contribution >= 4 is 28.6 Å². The van der Waals surface area contributed by atoms with E-state index >= 15 is 0 Å². The monoisotopic (exact) mass is 359 g/mol. The lowest BCUT2D eigenvalue weighted by molar-refractivity contribution is 0.0698. The van der Waals surface area contributed by atoms with E-state index in [2.05, 4.69) is 20.6 Å². The third-order valence-electron chi connectivity index (χ3n) is 4.31. The maximum Gasteiger partial charge on any atom is 0.273 e. The number of nitrogens with zero attached hydrogens (tertiary/aromatic N) is 5. The number of likely N-dealkylation sites (tertiary alicyclic amines) is 1. The van der Waals surface area contributed by atoms with E-state index in [1.807, 2.05) is 33.3 Å². The number of amides is 1. The van der Waals surface area contributed by atoms with Crippen LogP contribution in [0.25, 0.3) is 10.6 Å². The third-order valence-corrected chi connectivity index (χ3v) is 5.89. The maximum absolute atomic E-state index is 12.8. The molecule has 24 heavy (non-hydrogen) atoms. The van der Waals surface area contributed by atoms with Gasteiger partial charge < -0.3 is 9.47 Å². The van der Waals surface area contributed by atoms with Gasteiger partial charge in [0.25, 0.3) is 5.91 Å². The Morgan fingerprint density at radius 2 is 2.29 bits per heavy atom. The fourth-order valence-corrected chi connectivity index (χ4v) is 4.59. The molecular formula is C16H17N5OS2. The number of aryl methyl sites for hydroxylation is 1. The van der Waals surface area contributed by atoms with Crippen molar-refractivity contribution in [2.24, 2.45) is 7.05 Å². The minimum Gasteiger partial charge on any atom is -0.337 e. The molecule has 0 aromatic carbocycles. The number of thiophene rings is 1. The molecule has 3 aromatic rings. The van der Waals surface area contributed by atoms with E-state index in [9.17, 15) is 4.79 Å². The van der Waals surface area contributed by atoms with Gasteiger partial charge in [0.2, 0.25) is 0 Å². The zero-order valence-corrected chi connectivity index (χ0v) is 14.9. The van der Waals surface area contributed by atoms with Gasteiger partial charge in [-0.25, -0.2) is 4.98 Å². The van der Waals surface area contributed by atoms with Crippen molar-refractivity contribution in [1.82, 2.24) is 24.6 Å². The van der Waals surface area contributed by atoms with Crippen molar-refractivity contribution in [2.45, 2.75) is 18.8 Å². The Balaban J connectivity index is 1.51. The van der Waals surface area contributed by atoms with Crippen LogP contribution in [0.3, 0.4) is 0 Å². The number of rotatable bonds is 3. The Hall–Kier alpha value is -2.06. The molecule has 8 heteroatoms. The van der Waals surface area contributed by atoms with Crippen LogP contribution < -0.4 is 0 Å². The van der Waals surface area contributed by atoms with Crippen LogP contribution in [0.1, 0.15) is 35.1 Å². The largest absolute Gasteiger partial charge is 0.337 e. The quantitative estimate of drug-likeness (QED) is 0.721.